The molecule has 0 bridgehead atoms. The number of rotatable bonds is 4. The lowest BCUT2D eigenvalue weighted by Crippen LogP contribution is -2.35. The van der Waals surface area contributed by atoms with E-state index in [0.29, 0.717) is 6.42 Å². The average Bonchev–Trinajstić information content (AvgIpc) is 1.87. The van der Waals surface area contributed by atoms with Crippen molar-refractivity contribution in [1.29, 1.82) is 0 Å². The molecule has 0 aromatic carbocycles. The van der Waals surface area contributed by atoms with Crippen molar-refractivity contribution in [1.82, 2.24) is 0 Å². The summed E-state index contributed by atoms with van der Waals surface area (Å²) in [6, 6.07) is 0. The van der Waals surface area contributed by atoms with Crippen molar-refractivity contribution < 1.29 is 19.7 Å². The number of hydrogen-bond donors (Lipinski definition) is 2. The molecule has 0 rings (SSSR count). The summed E-state index contributed by atoms with van der Waals surface area (Å²) in [5.74, 6) is -2.22. The molecule has 11 heavy (non-hydrogen) atoms. The maximum atomic E-state index is 10.7. The highest BCUT2D eigenvalue weighted by atomic mass is 16.7. The lowest BCUT2D eigenvalue weighted by molar-refractivity contribution is -0.214. The molecule has 2 N–H and O–H groups in total. The molecule has 0 spiro atoms. The fraction of sp³-hybridized carbons (Fsp3) is 0.857. The molecule has 0 aliphatic rings. The van der Waals surface area contributed by atoms with Crippen molar-refractivity contribution >= 4 is 5.97 Å². The monoisotopic (exact) mass is 162 g/mol. The van der Waals surface area contributed by atoms with Crippen LogP contribution in [0.3, 0.4) is 0 Å². The van der Waals surface area contributed by atoms with Crippen molar-refractivity contribution in [3.05, 3.63) is 0 Å². The summed E-state index contributed by atoms with van der Waals surface area (Å²) >= 11 is 0. The van der Waals surface area contributed by atoms with Gasteiger partial charge in [0.2, 0.25) is 5.79 Å². The Morgan fingerprint density at radius 2 is 2.18 bits per heavy atom. The van der Waals surface area contributed by atoms with Gasteiger partial charge in [0, 0.05) is 13.3 Å². The summed E-state index contributed by atoms with van der Waals surface area (Å²) in [6.45, 7) is 2.48. The standard InChI is InChI=1S/C7H14O4/c1-3-4-6(9)11-7(2,10)5-8/h8,10H,3-5H2,1-2H3. The second-order valence-corrected chi connectivity index (χ2v) is 2.56. The predicted molar refractivity (Wildman–Crippen MR) is 38.7 cm³/mol. The Kier molecular flexibility index (Phi) is 4.07. The largest absolute Gasteiger partial charge is 0.431 e. The fourth-order valence-electron chi connectivity index (χ4n) is 0.533. The summed E-state index contributed by atoms with van der Waals surface area (Å²) in [7, 11) is 0. The van der Waals surface area contributed by atoms with E-state index in [1.54, 1.807) is 0 Å². The van der Waals surface area contributed by atoms with Gasteiger partial charge in [-0.1, -0.05) is 6.92 Å². The normalized spacial score (nSPS) is 15.6. The molecule has 0 aliphatic heterocycles. The molecule has 0 heterocycles. The molecule has 4 nitrogen and oxygen atoms in total. The van der Waals surface area contributed by atoms with Crippen LogP contribution in [0.15, 0.2) is 0 Å². The van der Waals surface area contributed by atoms with Gasteiger partial charge in [-0.15, -0.1) is 0 Å². The smallest absolute Gasteiger partial charge is 0.308 e. The van der Waals surface area contributed by atoms with Gasteiger partial charge >= 0.3 is 5.97 Å². The van der Waals surface area contributed by atoms with Crippen molar-refractivity contribution in [3.8, 4) is 0 Å². The van der Waals surface area contributed by atoms with Gasteiger partial charge in [0.25, 0.3) is 0 Å². The number of ether oxygens (including phenoxy) is 1. The van der Waals surface area contributed by atoms with Crippen LogP contribution in [0.5, 0.6) is 0 Å². The minimum absolute atomic E-state index is 0.260. The summed E-state index contributed by atoms with van der Waals surface area (Å²) in [4.78, 5) is 10.7. The molecule has 0 aromatic rings. The van der Waals surface area contributed by atoms with Crippen LogP contribution in [-0.2, 0) is 9.53 Å². The van der Waals surface area contributed by atoms with Crippen molar-refractivity contribution in [2.24, 2.45) is 0 Å². The maximum Gasteiger partial charge on any atom is 0.308 e. The Bertz CT molecular complexity index is 130. The first-order valence-electron chi connectivity index (χ1n) is 3.57. The highest BCUT2D eigenvalue weighted by Crippen LogP contribution is 2.06. The third-order valence-electron chi connectivity index (χ3n) is 1.08. The molecule has 0 aromatic heterocycles. The molecule has 0 saturated heterocycles. The third-order valence-corrected chi connectivity index (χ3v) is 1.08. The molecule has 0 amide bonds. The predicted octanol–water partition coefficient (Wildman–Crippen LogP) is 0.0305. The fourth-order valence-corrected chi connectivity index (χ4v) is 0.533. The number of carbonyl (C=O) groups excluding carboxylic acids is 1. The topological polar surface area (TPSA) is 66.8 Å². The van der Waals surface area contributed by atoms with Crippen LogP contribution in [0.1, 0.15) is 26.7 Å². The van der Waals surface area contributed by atoms with Crippen LogP contribution < -0.4 is 0 Å². The Morgan fingerprint density at radius 1 is 1.64 bits per heavy atom. The van der Waals surface area contributed by atoms with Gasteiger partial charge in [0.15, 0.2) is 0 Å². The van der Waals surface area contributed by atoms with Crippen LogP contribution in [-0.4, -0.2) is 28.6 Å². The van der Waals surface area contributed by atoms with E-state index in [-0.39, 0.29) is 6.42 Å². The number of hydrogen-bond acceptors (Lipinski definition) is 4. The van der Waals surface area contributed by atoms with Crippen molar-refractivity contribution in [2.75, 3.05) is 6.61 Å². The number of aliphatic hydroxyl groups is 2. The quantitative estimate of drug-likeness (QED) is 0.452. The van der Waals surface area contributed by atoms with Crippen molar-refractivity contribution in [3.63, 3.8) is 0 Å². The molecule has 1 atom stereocenters. The van der Waals surface area contributed by atoms with Crippen LogP contribution in [0.4, 0.5) is 0 Å². The van der Waals surface area contributed by atoms with Gasteiger partial charge in [-0.25, -0.2) is 0 Å². The van der Waals surface area contributed by atoms with E-state index in [1.807, 2.05) is 6.92 Å². The van der Waals surface area contributed by atoms with Gasteiger partial charge in [-0.3, -0.25) is 4.79 Å². The molecule has 0 radical (unpaired) electrons. The lowest BCUT2D eigenvalue weighted by Gasteiger charge is -2.20. The van der Waals surface area contributed by atoms with E-state index < -0.39 is 18.4 Å². The summed E-state index contributed by atoms with van der Waals surface area (Å²) < 4.78 is 4.49. The maximum absolute atomic E-state index is 10.7. The minimum atomic E-state index is -1.73. The first-order valence-corrected chi connectivity index (χ1v) is 3.57. The average molecular weight is 162 g/mol. The number of esters is 1. The first kappa shape index (κ1) is 10.4. The Labute approximate surface area is 65.8 Å². The molecule has 0 saturated carbocycles. The first-order chi connectivity index (χ1) is 5.02. The van der Waals surface area contributed by atoms with E-state index in [9.17, 15) is 4.79 Å². The summed E-state index contributed by atoms with van der Waals surface area (Å²) in [5, 5.41) is 17.5. The Morgan fingerprint density at radius 3 is 2.55 bits per heavy atom. The van der Waals surface area contributed by atoms with Gasteiger partial charge < -0.3 is 14.9 Å². The summed E-state index contributed by atoms with van der Waals surface area (Å²) in [5.41, 5.74) is 0. The molecule has 1 unspecified atom stereocenters. The van der Waals surface area contributed by atoms with Crippen LogP contribution >= 0.6 is 0 Å². The third kappa shape index (κ3) is 4.75. The summed E-state index contributed by atoms with van der Waals surface area (Å²) in [6.07, 6.45) is 0.927. The Balaban J connectivity index is 3.74. The van der Waals surface area contributed by atoms with Gasteiger partial charge in [-0.05, 0) is 6.42 Å². The lowest BCUT2D eigenvalue weighted by atomic mass is 10.3. The van der Waals surface area contributed by atoms with Gasteiger partial charge in [0.05, 0.1) is 0 Å². The highest BCUT2D eigenvalue weighted by Gasteiger charge is 2.23. The number of carbonyl (C=O) groups is 1. The van der Waals surface area contributed by atoms with E-state index in [2.05, 4.69) is 4.74 Å². The molecular formula is C7H14O4. The van der Waals surface area contributed by atoms with Crippen LogP contribution in [0.2, 0.25) is 0 Å². The van der Waals surface area contributed by atoms with E-state index in [0.717, 1.165) is 0 Å². The molecule has 0 fully saturated rings. The zero-order valence-electron chi connectivity index (χ0n) is 6.83. The second kappa shape index (κ2) is 4.31. The SMILES string of the molecule is CCCC(=O)OC(C)(O)CO. The molecule has 4 heteroatoms. The Hall–Kier alpha value is -0.610. The van der Waals surface area contributed by atoms with E-state index >= 15 is 0 Å². The van der Waals surface area contributed by atoms with Crippen LogP contribution in [0, 0.1) is 0 Å². The second-order valence-electron chi connectivity index (χ2n) is 2.56. The van der Waals surface area contributed by atoms with Crippen LogP contribution in [0.25, 0.3) is 0 Å². The van der Waals surface area contributed by atoms with Gasteiger partial charge in [-0.2, -0.15) is 0 Å². The molecule has 0 aliphatic carbocycles. The molecule has 66 valence electrons. The zero-order chi connectivity index (χ0) is 8.91. The van der Waals surface area contributed by atoms with Gasteiger partial charge in [0.1, 0.15) is 6.61 Å². The molecular weight excluding hydrogens is 148 g/mol. The van der Waals surface area contributed by atoms with Crippen molar-refractivity contribution in [2.45, 2.75) is 32.5 Å². The van der Waals surface area contributed by atoms with E-state index in [4.69, 9.17) is 10.2 Å². The number of aliphatic hydroxyl groups excluding tert-OH is 1. The minimum Gasteiger partial charge on any atom is -0.431 e. The van der Waals surface area contributed by atoms with E-state index in [1.165, 1.54) is 6.92 Å². The highest BCUT2D eigenvalue weighted by molar-refractivity contribution is 5.69. The zero-order valence-corrected chi connectivity index (χ0v) is 6.83.